The molecule has 0 bridgehead atoms. The van der Waals surface area contributed by atoms with Crippen molar-refractivity contribution >= 4 is 16.9 Å². The second-order valence-electron chi connectivity index (χ2n) is 6.92. The summed E-state index contributed by atoms with van der Waals surface area (Å²) in [5.74, 6) is 0. The molecule has 0 aromatic heterocycles. The minimum absolute atomic E-state index is 0.0901. The highest BCUT2D eigenvalue weighted by molar-refractivity contribution is 8.14. The van der Waals surface area contributed by atoms with E-state index in [2.05, 4.69) is 66.2 Å². The van der Waals surface area contributed by atoms with Gasteiger partial charge in [-0.1, -0.05) is 60.3 Å². The van der Waals surface area contributed by atoms with E-state index in [1.807, 2.05) is 6.07 Å². The third-order valence-corrected chi connectivity index (χ3v) is 6.86. The fourth-order valence-electron chi connectivity index (χ4n) is 3.90. The lowest BCUT2D eigenvalue weighted by atomic mass is 9.89. The molecular formula is C21H24N2OS. The Morgan fingerprint density at radius 2 is 1.96 bits per heavy atom. The molecule has 0 saturated carbocycles. The van der Waals surface area contributed by atoms with Crippen molar-refractivity contribution in [3.05, 3.63) is 70.8 Å². The Bertz CT molecular complexity index is 805. The second kappa shape index (κ2) is 6.50. The van der Waals surface area contributed by atoms with Crippen LogP contribution in [0.15, 0.2) is 53.5 Å². The molecule has 0 spiro atoms. The molecule has 1 saturated heterocycles. The number of rotatable bonds is 4. The molecule has 1 fully saturated rings. The molecule has 2 atom stereocenters. The van der Waals surface area contributed by atoms with E-state index in [1.165, 1.54) is 16.7 Å². The highest BCUT2D eigenvalue weighted by Gasteiger charge is 2.53. The van der Waals surface area contributed by atoms with Gasteiger partial charge in [0.25, 0.3) is 0 Å². The molecule has 4 heteroatoms. The van der Waals surface area contributed by atoms with Crippen molar-refractivity contribution in [3.8, 4) is 0 Å². The minimum Gasteiger partial charge on any atom is -0.366 e. The maximum absolute atomic E-state index is 11.9. The maximum atomic E-state index is 11.9. The smallest absolute Gasteiger partial charge is 0.178 e. The number of aliphatic hydroxyl groups is 1. The van der Waals surface area contributed by atoms with Gasteiger partial charge in [-0.3, -0.25) is 4.99 Å². The van der Waals surface area contributed by atoms with Crippen LogP contribution in [0, 0.1) is 13.8 Å². The van der Waals surface area contributed by atoms with Gasteiger partial charge >= 0.3 is 0 Å². The number of hydrogen-bond acceptors (Lipinski definition) is 4. The van der Waals surface area contributed by atoms with Crippen molar-refractivity contribution in [1.82, 2.24) is 4.90 Å². The Balaban J connectivity index is 1.68. The summed E-state index contributed by atoms with van der Waals surface area (Å²) in [4.78, 5) is 6.74. The van der Waals surface area contributed by atoms with Gasteiger partial charge in [0.05, 0.1) is 11.8 Å². The topological polar surface area (TPSA) is 35.8 Å². The summed E-state index contributed by atoms with van der Waals surface area (Å²) < 4.78 is 0. The number of thioether (sulfide) groups is 1. The van der Waals surface area contributed by atoms with Crippen LogP contribution >= 0.6 is 11.8 Å². The van der Waals surface area contributed by atoms with E-state index in [0.717, 1.165) is 36.7 Å². The van der Waals surface area contributed by atoms with Crippen molar-refractivity contribution < 1.29 is 5.11 Å². The SMILES string of the molecule is Cc1cccc(C2(O)C(CCc3ccccc3)SC3=NCCN32)c1C. The first-order chi connectivity index (χ1) is 12.1. The van der Waals surface area contributed by atoms with Gasteiger partial charge in [0.2, 0.25) is 0 Å². The lowest BCUT2D eigenvalue weighted by molar-refractivity contribution is -0.0676. The molecule has 2 aromatic rings. The Labute approximate surface area is 153 Å². The van der Waals surface area contributed by atoms with Gasteiger partial charge in [0.1, 0.15) is 0 Å². The minimum atomic E-state index is -0.967. The maximum Gasteiger partial charge on any atom is 0.178 e. The van der Waals surface area contributed by atoms with Crippen molar-refractivity contribution in [2.45, 2.75) is 37.7 Å². The number of aryl methyl sites for hydroxylation is 2. The summed E-state index contributed by atoms with van der Waals surface area (Å²) in [6, 6.07) is 16.8. The third-order valence-electron chi connectivity index (χ3n) is 5.45. The largest absolute Gasteiger partial charge is 0.366 e. The second-order valence-corrected chi connectivity index (χ2v) is 8.09. The Hall–Kier alpha value is -1.78. The average molecular weight is 353 g/mol. The standard InChI is InChI=1S/C21H24N2OS/c1-15-7-6-10-18(16(15)2)21(24)19(25-20-22-13-14-23(20)21)12-11-17-8-4-3-5-9-17/h3-10,19,24H,11-14H2,1-2H3. The first-order valence-corrected chi connectivity index (χ1v) is 9.80. The van der Waals surface area contributed by atoms with E-state index in [1.54, 1.807) is 11.8 Å². The molecule has 130 valence electrons. The summed E-state index contributed by atoms with van der Waals surface area (Å²) in [7, 11) is 0. The molecule has 2 aliphatic rings. The molecule has 0 amide bonds. The van der Waals surface area contributed by atoms with Gasteiger partial charge < -0.3 is 10.0 Å². The van der Waals surface area contributed by atoms with Crippen LogP contribution in [-0.4, -0.2) is 33.5 Å². The molecule has 2 aliphatic heterocycles. The first-order valence-electron chi connectivity index (χ1n) is 8.92. The molecule has 2 aromatic carbocycles. The average Bonchev–Trinajstić information content (AvgIpc) is 3.19. The molecule has 0 radical (unpaired) electrons. The van der Waals surface area contributed by atoms with Crippen LogP contribution in [0.2, 0.25) is 0 Å². The number of fused-ring (bicyclic) bond motifs is 1. The summed E-state index contributed by atoms with van der Waals surface area (Å²) in [5.41, 5.74) is 3.79. The van der Waals surface area contributed by atoms with Gasteiger partial charge in [-0.25, -0.2) is 0 Å². The Kier molecular flexibility index (Phi) is 4.34. The normalized spacial score (nSPS) is 25.2. The first kappa shape index (κ1) is 16.7. The zero-order valence-electron chi connectivity index (χ0n) is 14.8. The molecular weight excluding hydrogens is 328 g/mol. The number of benzene rings is 2. The van der Waals surface area contributed by atoms with Crippen LogP contribution in [0.1, 0.15) is 28.7 Å². The Morgan fingerprint density at radius 1 is 1.16 bits per heavy atom. The predicted molar refractivity (Wildman–Crippen MR) is 105 cm³/mol. The van der Waals surface area contributed by atoms with Crippen LogP contribution in [0.3, 0.4) is 0 Å². The van der Waals surface area contributed by atoms with Gasteiger partial charge in [-0.05, 0) is 43.4 Å². The number of aliphatic imine (C=N–C) groups is 1. The van der Waals surface area contributed by atoms with E-state index in [9.17, 15) is 5.11 Å². The van der Waals surface area contributed by atoms with Crippen LogP contribution < -0.4 is 0 Å². The predicted octanol–water partition coefficient (Wildman–Crippen LogP) is 3.87. The zero-order chi connectivity index (χ0) is 17.4. The molecule has 2 unspecified atom stereocenters. The van der Waals surface area contributed by atoms with E-state index in [0.29, 0.717) is 0 Å². The molecule has 25 heavy (non-hydrogen) atoms. The monoisotopic (exact) mass is 352 g/mol. The quantitative estimate of drug-likeness (QED) is 0.907. The van der Waals surface area contributed by atoms with Crippen molar-refractivity contribution in [3.63, 3.8) is 0 Å². The van der Waals surface area contributed by atoms with E-state index in [4.69, 9.17) is 0 Å². The third kappa shape index (κ3) is 2.77. The number of nitrogens with zero attached hydrogens (tertiary/aromatic N) is 2. The van der Waals surface area contributed by atoms with Crippen molar-refractivity contribution in [2.75, 3.05) is 13.1 Å². The van der Waals surface area contributed by atoms with Crippen LogP contribution in [-0.2, 0) is 12.1 Å². The van der Waals surface area contributed by atoms with E-state index in [-0.39, 0.29) is 5.25 Å². The lowest BCUT2D eigenvalue weighted by Crippen LogP contribution is -2.48. The summed E-state index contributed by atoms with van der Waals surface area (Å²) in [6.07, 6.45) is 1.89. The Morgan fingerprint density at radius 3 is 2.76 bits per heavy atom. The molecule has 0 aliphatic carbocycles. The summed E-state index contributed by atoms with van der Waals surface area (Å²) >= 11 is 1.74. The summed E-state index contributed by atoms with van der Waals surface area (Å²) in [5, 5.41) is 13.0. The molecule has 1 N–H and O–H groups in total. The molecule has 4 rings (SSSR count). The molecule has 3 nitrogen and oxygen atoms in total. The van der Waals surface area contributed by atoms with E-state index < -0.39 is 5.72 Å². The fourth-order valence-corrected chi connectivity index (χ4v) is 5.33. The van der Waals surface area contributed by atoms with E-state index >= 15 is 0 Å². The van der Waals surface area contributed by atoms with Gasteiger partial charge in [-0.2, -0.15) is 0 Å². The van der Waals surface area contributed by atoms with Crippen molar-refractivity contribution in [2.24, 2.45) is 4.99 Å². The molecule has 2 heterocycles. The van der Waals surface area contributed by atoms with Gasteiger partial charge in [0, 0.05) is 12.1 Å². The number of amidine groups is 1. The zero-order valence-corrected chi connectivity index (χ0v) is 15.6. The van der Waals surface area contributed by atoms with Crippen LogP contribution in [0.4, 0.5) is 0 Å². The van der Waals surface area contributed by atoms with Gasteiger partial charge in [0.15, 0.2) is 10.9 Å². The van der Waals surface area contributed by atoms with Gasteiger partial charge in [-0.15, -0.1) is 0 Å². The van der Waals surface area contributed by atoms with Crippen LogP contribution in [0.25, 0.3) is 0 Å². The fraction of sp³-hybridized carbons (Fsp3) is 0.381. The van der Waals surface area contributed by atoms with Crippen molar-refractivity contribution in [1.29, 1.82) is 0 Å². The highest BCUT2D eigenvalue weighted by Crippen LogP contribution is 2.49. The summed E-state index contributed by atoms with van der Waals surface area (Å²) in [6.45, 7) is 5.81. The van der Waals surface area contributed by atoms with Crippen LogP contribution in [0.5, 0.6) is 0 Å². The lowest BCUT2D eigenvalue weighted by Gasteiger charge is -2.37. The number of hydrogen-bond donors (Lipinski definition) is 1. The highest BCUT2D eigenvalue weighted by atomic mass is 32.2.